The zero-order valence-corrected chi connectivity index (χ0v) is 46.6. The molecule has 74 heavy (non-hydrogen) atoms. The predicted molar refractivity (Wildman–Crippen MR) is 315 cm³/mol. The van der Waals surface area contributed by atoms with Gasteiger partial charge < -0.3 is 14.5 Å². The number of anilines is 4. The van der Waals surface area contributed by atoms with Gasteiger partial charge in [-0.2, -0.15) is 0 Å². The molecule has 0 N–H and O–H groups in total. The number of para-hydroxylation sites is 1. The molecule has 0 saturated carbocycles. The van der Waals surface area contributed by atoms with Gasteiger partial charge in [0.1, 0.15) is 24.0 Å². The van der Waals surface area contributed by atoms with Crippen molar-refractivity contribution in [2.75, 3.05) is 16.5 Å². The molecule has 0 radical (unpaired) electrons. The van der Waals surface area contributed by atoms with Crippen molar-refractivity contribution in [2.24, 2.45) is 0 Å². The highest BCUT2D eigenvalue weighted by atomic mass is 16.5. The molecule has 0 aliphatic carbocycles. The summed E-state index contributed by atoms with van der Waals surface area (Å²) in [7, 11) is 0. The molecule has 9 aromatic rings. The molecule has 1 aliphatic heterocycles. The fourth-order valence-electron chi connectivity index (χ4n) is 11.0. The largest absolute Gasteiger partial charge is 0.457 e. The molecule has 0 fully saturated rings. The zero-order valence-electron chi connectivity index (χ0n) is 46.6. The maximum Gasteiger partial charge on any atom is 0.137 e. The zero-order chi connectivity index (χ0) is 52.6. The van der Waals surface area contributed by atoms with E-state index in [4.69, 9.17) is 9.72 Å². The first-order valence-electron chi connectivity index (χ1n) is 26.8. The topological polar surface area (TPSA) is 33.5 Å². The second kappa shape index (κ2) is 18.7. The molecular weight excluding hydrogens is 901 g/mol. The minimum Gasteiger partial charge on any atom is -0.457 e. The van der Waals surface area contributed by atoms with Gasteiger partial charge in [0.2, 0.25) is 0 Å². The third-order valence-corrected chi connectivity index (χ3v) is 15.6. The molecule has 0 spiro atoms. The summed E-state index contributed by atoms with van der Waals surface area (Å²) in [6.07, 6.45) is 1.95. The van der Waals surface area contributed by atoms with E-state index in [2.05, 4.69) is 276 Å². The molecule has 0 saturated heterocycles. The van der Waals surface area contributed by atoms with Crippen molar-refractivity contribution >= 4 is 44.6 Å². The number of hydrogen-bond donors (Lipinski definition) is 0. The van der Waals surface area contributed by atoms with E-state index in [9.17, 15) is 0 Å². The van der Waals surface area contributed by atoms with Crippen LogP contribution in [0.25, 0.3) is 38.8 Å². The Bertz CT molecular complexity index is 3500. The Hall–Kier alpha value is -7.11. The van der Waals surface area contributed by atoms with E-state index in [1.54, 1.807) is 0 Å². The van der Waals surface area contributed by atoms with Gasteiger partial charge in [0.25, 0.3) is 0 Å². The fraction of sp³-hybridized carbons (Fsp3) is 0.319. The van der Waals surface area contributed by atoms with Crippen LogP contribution in [0.1, 0.15) is 155 Å². The molecule has 3 heterocycles. The lowest BCUT2D eigenvalue weighted by Gasteiger charge is -2.30. The molecule has 7 aromatic carbocycles. The average Bonchev–Trinajstić information content (AvgIpc) is 3.91. The maximum atomic E-state index is 7.13. The van der Waals surface area contributed by atoms with E-state index in [1.807, 2.05) is 6.20 Å². The quantitative estimate of drug-likeness (QED) is 0.137. The normalized spacial score (nSPS) is 13.5. The standard InChI is InChI=1S/C69H76N4O/c1-44(2)56-25-21-26-57(45(3)4)65(56)46-28-31-61-63(34-46)72(52-36-49(66(5,6)7)35-50(37-52)67(8,9)10)43-71(61)53-38-51(68(11,12)13)39-55(41-53)74-54-29-30-59-58-24-19-20-27-60(58)73(62(59)42-54)64-40-48(32-33-70-64)69(14,15)47-22-17-16-18-23-47/h16-42,44-45H,43H2,1-15H3. The molecule has 378 valence electrons. The Morgan fingerprint density at radius 1 is 0.446 bits per heavy atom. The molecule has 10 rings (SSSR count). The van der Waals surface area contributed by atoms with Gasteiger partial charge >= 0.3 is 0 Å². The van der Waals surface area contributed by atoms with E-state index < -0.39 is 0 Å². The lowest BCUT2D eigenvalue weighted by molar-refractivity contribution is 0.479. The Morgan fingerprint density at radius 3 is 1.66 bits per heavy atom. The Morgan fingerprint density at radius 2 is 1.03 bits per heavy atom. The van der Waals surface area contributed by atoms with Crippen molar-refractivity contribution in [3.05, 3.63) is 203 Å². The summed E-state index contributed by atoms with van der Waals surface area (Å²) in [6, 6.07) is 58.5. The van der Waals surface area contributed by atoms with Gasteiger partial charge in [-0.3, -0.25) is 4.57 Å². The predicted octanol–water partition coefficient (Wildman–Crippen LogP) is 19.4. The van der Waals surface area contributed by atoms with Crippen LogP contribution in [0.4, 0.5) is 22.7 Å². The van der Waals surface area contributed by atoms with Crippen LogP contribution >= 0.6 is 0 Å². The lowest BCUT2D eigenvalue weighted by atomic mass is 9.78. The van der Waals surface area contributed by atoms with Gasteiger partial charge in [-0.05, 0) is 145 Å². The second-order valence-corrected chi connectivity index (χ2v) is 25.1. The number of hydrogen-bond acceptors (Lipinski definition) is 4. The van der Waals surface area contributed by atoms with Crippen molar-refractivity contribution in [3.8, 4) is 28.4 Å². The van der Waals surface area contributed by atoms with E-state index in [0.717, 1.165) is 39.4 Å². The summed E-state index contributed by atoms with van der Waals surface area (Å²) in [5.41, 5.74) is 18.1. The molecular formula is C69H76N4O. The highest BCUT2D eigenvalue weighted by molar-refractivity contribution is 6.09. The molecule has 2 aromatic heterocycles. The van der Waals surface area contributed by atoms with Crippen LogP contribution in [0.3, 0.4) is 0 Å². The van der Waals surface area contributed by atoms with E-state index in [1.165, 1.54) is 72.5 Å². The van der Waals surface area contributed by atoms with Gasteiger partial charge in [-0.15, -0.1) is 0 Å². The van der Waals surface area contributed by atoms with Gasteiger partial charge in [0.05, 0.1) is 22.4 Å². The van der Waals surface area contributed by atoms with E-state index >= 15 is 0 Å². The number of aromatic nitrogens is 2. The van der Waals surface area contributed by atoms with Crippen LogP contribution in [-0.2, 0) is 21.7 Å². The third kappa shape index (κ3) is 9.40. The van der Waals surface area contributed by atoms with Gasteiger partial charge in [-0.25, -0.2) is 4.98 Å². The fourth-order valence-corrected chi connectivity index (χ4v) is 11.0. The number of ether oxygens (including phenoxy) is 1. The number of pyridine rings is 1. The lowest BCUT2D eigenvalue weighted by Crippen LogP contribution is -2.26. The van der Waals surface area contributed by atoms with Crippen molar-refractivity contribution < 1.29 is 4.74 Å². The second-order valence-electron chi connectivity index (χ2n) is 25.1. The SMILES string of the molecule is CC(C)c1cccc(C(C)C)c1-c1ccc2c(c1)N(c1cc(C(C)(C)C)cc(C(C)(C)C)c1)CN2c1cc(Oc2ccc3c4ccccc4n(-c4cc(C(C)(C)c5ccccc5)ccn4)c3c2)cc(C(C)(C)C)c1. The van der Waals surface area contributed by atoms with E-state index in [0.29, 0.717) is 18.5 Å². The molecule has 5 nitrogen and oxygen atoms in total. The van der Waals surface area contributed by atoms with Crippen LogP contribution < -0.4 is 14.5 Å². The summed E-state index contributed by atoms with van der Waals surface area (Å²) < 4.78 is 9.42. The Balaban J connectivity index is 1.11. The maximum absolute atomic E-state index is 7.13. The minimum atomic E-state index is -0.223. The first-order valence-corrected chi connectivity index (χ1v) is 26.8. The Kier molecular flexibility index (Phi) is 12.7. The van der Waals surface area contributed by atoms with Crippen LogP contribution in [0.2, 0.25) is 0 Å². The molecule has 1 aliphatic rings. The van der Waals surface area contributed by atoms with Gasteiger partial charge in [-0.1, -0.05) is 183 Å². The highest BCUT2D eigenvalue weighted by Crippen LogP contribution is 2.50. The van der Waals surface area contributed by atoms with Crippen molar-refractivity contribution in [1.29, 1.82) is 0 Å². The third-order valence-electron chi connectivity index (χ3n) is 15.6. The number of benzene rings is 7. The number of fused-ring (bicyclic) bond motifs is 4. The highest BCUT2D eigenvalue weighted by Gasteiger charge is 2.33. The van der Waals surface area contributed by atoms with Crippen molar-refractivity contribution in [2.45, 2.75) is 137 Å². The van der Waals surface area contributed by atoms with E-state index in [-0.39, 0.29) is 21.7 Å². The summed E-state index contributed by atoms with van der Waals surface area (Å²) in [4.78, 5) is 10.1. The average molecular weight is 977 g/mol. The molecule has 0 bridgehead atoms. The monoisotopic (exact) mass is 977 g/mol. The summed E-state index contributed by atoms with van der Waals surface area (Å²) in [6.45, 7) is 35.4. The minimum absolute atomic E-state index is 0.0348. The number of rotatable bonds is 10. The first kappa shape index (κ1) is 50.4. The molecule has 5 heteroatoms. The summed E-state index contributed by atoms with van der Waals surface area (Å²) >= 11 is 0. The summed E-state index contributed by atoms with van der Waals surface area (Å²) in [5.74, 6) is 3.21. The van der Waals surface area contributed by atoms with Gasteiger partial charge in [0, 0.05) is 45.9 Å². The van der Waals surface area contributed by atoms with Crippen LogP contribution in [0.15, 0.2) is 164 Å². The van der Waals surface area contributed by atoms with Crippen molar-refractivity contribution in [1.82, 2.24) is 9.55 Å². The summed E-state index contributed by atoms with van der Waals surface area (Å²) in [5, 5.41) is 2.33. The smallest absolute Gasteiger partial charge is 0.137 e. The molecule has 0 atom stereocenters. The Labute approximate surface area is 441 Å². The first-order chi connectivity index (χ1) is 35.0. The van der Waals surface area contributed by atoms with Crippen molar-refractivity contribution in [3.63, 3.8) is 0 Å². The molecule has 0 amide bonds. The van der Waals surface area contributed by atoms with Crippen LogP contribution in [0, 0.1) is 0 Å². The van der Waals surface area contributed by atoms with Crippen LogP contribution in [0.5, 0.6) is 11.5 Å². The van der Waals surface area contributed by atoms with Crippen LogP contribution in [-0.4, -0.2) is 16.2 Å². The van der Waals surface area contributed by atoms with Gasteiger partial charge in [0.15, 0.2) is 0 Å². The molecule has 0 unspecified atom stereocenters. The number of nitrogens with zero attached hydrogens (tertiary/aromatic N) is 4.